The van der Waals surface area contributed by atoms with Crippen molar-refractivity contribution in [1.29, 1.82) is 5.26 Å². The predicted octanol–water partition coefficient (Wildman–Crippen LogP) is 3.14. The molecule has 0 bridgehead atoms. The molecule has 0 spiro atoms. The Kier molecular flexibility index (Phi) is 4.46. The van der Waals surface area contributed by atoms with Crippen LogP contribution < -0.4 is 4.72 Å². The maximum absolute atomic E-state index is 8.70. The number of nitrogens with zero attached hydrogens (tertiary/aromatic N) is 1. The second kappa shape index (κ2) is 5.40. The molecular weight excluding hydrogens is 212 g/mol. The van der Waals surface area contributed by atoms with Crippen LogP contribution >= 0.6 is 24.2 Å². The lowest BCUT2D eigenvalue weighted by Gasteiger charge is -2.15. The van der Waals surface area contributed by atoms with E-state index in [0.717, 1.165) is 12.0 Å². The van der Waals surface area contributed by atoms with Crippen molar-refractivity contribution in [3.63, 3.8) is 0 Å². The molecule has 1 unspecified atom stereocenters. The molecule has 0 aromatic carbocycles. The Morgan fingerprint density at radius 2 is 2.36 bits per heavy atom. The van der Waals surface area contributed by atoms with Gasteiger partial charge in [-0.15, -0.1) is 11.3 Å². The molecular formula is C10H14N2S2. The predicted molar refractivity (Wildman–Crippen MR) is 63.4 cm³/mol. The van der Waals surface area contributed by atoms with Crippen molar-refractivity contribution < 1.29 is 0 Å². The van der Waals surface area contributed by atoms with Crippen molar-refractivity contribution in [1.82, 2.24) is 4.72 Å². The zero-order chi connectivity index (χ0) is 10.6. The Bertz CT molecular complexity index is 325. The van der Waals surface area contributed by atoms with Crippen LogP contribution in [0, 0.1) is 17.2 Å². The smallest absolute Gasteiger partial charge is 0.100 e. The van der Waals surface area contributed by atoms with Crippen molar-refractivity contribution in [2.75, 3.05) is 0 Å². The Labute approximate surface area is 94.5 Å². The van der Waals surface area contributed by atoms with E-state index in [1.807, 2.05) is 11.4 Å². The lowest BCUT2D eigenvalue weighted by atomic mass is 10.0. The van der Waals surface area contributed by atoms with E-state index in [1.54, 1.807) is 11.3 Å². The highest BCUT2D eigenvalue weighted by molar-refractivity contribution is 7.78. The fraction of sp³-hybridized carbons (Fsp3) is 0.500. The molecule has 0 aliphatic rings. The molecule has 1 aromatic heterocycles. The highest BCUT2D eigenvalue weighted by Crippen LogP contribution is 2.27. The number of hydrogen-bond donors (Lipinski definition) is 2. The van der Waals surface area contributed by atoms with E-state index in [9.17, 15) is 0 Å². The number of thiol groups is 1. The van der Waals surface area contributed by atoms with Crippen molar-refractivity contribution >= 4 is 24.2 Å². The highest BCUT2D eigenvalue weighted by Gasteiger charge is 2.13. The Balaban J connectivity index is 2.74. The zero-order valence-electron chi connectivity index (χ0n) is 8.32. The maximum atomic E-state index is 8.70. The van der Waals surface area contributed by atoms with Gasteiger partial charge in [-0.1, -0.05) is 26.7 Å². The lowest BCUT2D eigenvalue weighted by molar-refractivity contribution is 0.497. The summed E-state index contributed by atoms with van der Waals surface area (Å²) in [7, 11) is 0. The first-order valence-electron chi connectivity index (χ1n) is 4.55. The number of rotatable bonds is 4. The summed E-state index contributed by atoms with van der Waals surface area (Å²) in [5, 5.41) is 10.6. The standard InChI is InChI=1S/C10H14N2S2/c1-7(2)3-9(12-13)10-4-8(5-11)6-14-10/h4,6-7,9,12-13H,3H2,1-2H3. The van der Waals surface area contributed by atoms with E-state index >= 15 is 0 Å². The molecule has 1 N–H and O–H groups in total. The van der Waals surface area contributed by atoms with Crippen LogP contribution in [-0.2, 0) is 0 Å². The third kappa shape index (κ3) is 3.02. The van der Waals surface area contributed by atoms with Gasteiger partial charge >= 0.3 is 0 Å². The van der Waals surface area contributed by atoms with Gasteiger partial charge in [0.05, 0.1) is 11.6 Å². The summed E-state index contributed by atoms with van der Waals surface area (Å²) in [5.41, 5.74) is 0.738. The van der Waals surface area contributed by atoms with Gasteiger partial charge in [0, 0.05) is 10.3 Å². The van der Waals surface area contributed by atoms with Gasteiger partial charge in [0.1, 0.15) is 6.07 Å². The monoisotopic (exact) mass is 226 g/mol. The number of thiophene rings is 1. The summed E-state index contributed by atoms with van der Waals surface area (Å²) >= 11 is 5.73. The first-order valence-corrected chi connectivity index (χ1v) is 5.88. The second-order valence-electron chi connectivity index (χ2n) is 3.66. The topological polar surface area (TPSA) is 35.8 Å². The summed E-state index contributed by atoms with van der Waals surface area (Å²) in [5.74, 6) is 0.618. The number of nitriles is 1. The largest absolute Gasteiger partial charge is 0.258 e. The summed E-state index contributed by atoms with van der Waals surface area (Å²) in [6.07, 6.45) is 1.04. The van der Waals surface area contributed by atoms with E-state index in [4.69, 9.17) is 5.26 Å². The van der Waals surface area contributed by atoms with Gasteiger partial charge in [-0.2, -0.15) is 5.26 Å². The lowest BCUT2D eigenvalue weighted by Crippen LogP contribution is -2.12. The van der Waals surface area contributed by atoms with Gasteiger partial charge in [0.2, 0.25) is 0 Å². The summed E-state index contributed by atoms with van der Waals surface area (Å²) in [4.78, 5) is 1.19. The molecule has 1 heterocycles. The third-order valence-corrected chi connectivity index (χ3v) is 3.31. The van der Waals surface area contributed by atoms with Crippen LogP contribution in [-0.4, -0.2) is 0 Å². The minimum atomic E-state index is 0.255. The normalized spacial score (nSPS) is 12.8. The zero-order valence-corrected chi connectivity index (χ0v) is 10.0. The van der Waals surface area contributed by atoms with Crippen molar-refractivity contribution in [2.45, 2.75) is 26.3 Å². The minimum absolute atomic E-state index is 0.255. The van der Waals surface area contributed by atoms with Crippen LogP contribution in [0.5, 0.6) is 0 Å². The fourth-order valence-electron chi connectivity index (χ4n) is 1.30. The van der Waals surface area contributed by atoms with Crippen LogP contribution in [0.4, 0.5) is 0 Å². The van der Waals surface area contributed by atoms with Gasteiger partial charge < -0.3 is 0 Å². The van der Waals surface area contributed by atoms with Gasteiger partial charge in [-0.25, -0.2) is 0 Å². The Morgan fingerprint density at radius 1 is 1.64 bits per heavy atom. The van der Waals surface area contributed by atoms with Crippen molar-refractivity contribution in [2.24, 2.45) is 5.92 Å². The molecule has 1 atom stereocenters. The van der Waals surface area contributed by atoms with E-state index in [1.165, 1.54) is 4.88 Å². The first-order chi connectivity index (χ1) is 6.67. The quantitative estimate of drug-likeness (QED) is 0.774. The van der Waals surface area contributed by atoms with Crippen molar-refractivity contribution in [3.8, 4) is 6.07 Å². The van der Waals surface area contributed by atoms with Crippen LogP contribution in [0.2, 0.25) is 0 Å². The molecule has 14 heavy (non-hydrogen) atoms. The van der Waals surface area contributed by atoms with Crippen LogP contribution in [0.1, 0.15) is 36.8 Å². The molecule has 4 heteroatoms. The first kappa shape index (κ1) is 11.6. The van der Waals surface area contributed by atoms with Gasteiger partial charge in [0.25, 0.3) is 0 Å². The van der Waals surface area contributed by atoms with Gasteiger partial charge in [-0.05, 0) is 18.4 Å². The van der Waals surface area contributed by atoms with Gasteiger partial charge in [-0.3, -0.25) is 4.72 Å². The number of nitrogens with one attached hydrogen (secondary N) is 1. The Hall–Kier alpha value is -0.500. The molecule has 0 fully saturated rings. The summed E-state index contributed by atoms with van der Waals surface area (Å²) in [6, 6.07) is 4.32. The SMILES string of the molecule is CC(C)CC(NS)c1cc(C#N)cs1. The van der Waals surface area contributed by atoms with Gasteiger partial charge in [0.15, 0.2) is 0 Å². The molecule has 0 amide bonds. The van der Waals surface area contributed by atoms with Crippen LogP contribution in [0.3, 0.4) is 0 Å². The molecule has 1 rings (SSSR count). The van der Waals surface area contributed by atoms with E-state index in [2.05, 4.69) is 37.5 Å². The van der Waals surface area contributed by atoms with E-state index < -0.39 is 0 Å². The molecule has 1 aromatic rings. The fourth-order valence-corrected chi connectivity index (χ4v) is 2.53. The molecule has 2 nitrogen and oxygen atoms in total. The van der Waals surface area contributed by atoms with E-state index in [0.29, 0.717) is 5.92 Å². The summed E-state index contributed by atoms with van der Waals surface area (Å²) in [6.45, 7) is 4.36. The van der Waals surface area contributed by atoms with E-state index in [-0.39, 0.29) is 6.04 Å². The molecule has 76 valence electrons. The molecule has 0 saturated heterocycles. The second-order valence-corrected chi connectivity index (χ2v) is 4.86. The number of hydrogen-bond acceptors (Lipinski definition) is 4. The molecule has 0 radical (unpaired) electrons. The maximum Gasteiger partial charge on any atom is 0.100 e. The Morgan fingerprint density at radius 3 is 2.79 bits per heavy atom. The molecule has 0 aliphatic carbocycles. The molecule has 0 saturated carbocycles. The minimum Gasteiger partial charge on any atom is -0.258 e. The third-order valence-electron chi connectivity index (χ3n) is 1.96. The highest BCUT2D eigenvalue weighted by atomic mass is 32.1. The van der Waals surface area contributed by atoms with Crippen LogP contribution in [0.15, 0.2) is 11.4 Å². The average Bonchev–Trinajstić information content (AvgIpc) is 2.62. The van der Waals surface area contributed by atoms with Crippen molar-refractivity contribution in [3.05, 3.63) is 21.9 Å². The average molecular weight is 226 g/mol. The van der Waals surface area contributed by atoms with Crippen LogP contribution in [0.25, 0.3) is 0 Å². The summed E-state index contributed by atoms with van der Waals surface area (Å²) < 4.78 is 2.98. The molecule has 0 aliphatic heterocycles.